The molecule has 0 fully saturated rings. The van der Waals surface area contributed by atoms with Crippen molar-refractivity contribution in [2.45, 2.75) is 25.6 Å². The zero-order chi connectivity index (χ0) is 19.3. The standard InChI is InChI=1S/C18H17F3N2O3/c1-11(24)22-17(23-26)10-16(25)14-4-2-3-13(9-14)12-5-7-15(8-6-12)18(19,20)21/h2-9,16,25-26H,10H2,1H3,(H,22,23,24). The molecule has 1 amide bonds. The van der Waals surface area contributed by atoms with Gasteiger partial charge >= 0.3 is 6.18 Å². The van der Waals surface area contributed by atoms with Gasteiger partial charge in [-0.25, -0.2) is 0 Å². The highest BCUT2D eigenvalue weighted by Gasteiger charge is 2.30. The van der Waals surface area contributed by atoms with Crippen LogP contribution in [0.4, 0.5) is 13.2 Å². The smallest absolute Gasteiger partial charge is 0.409 e. The van der Waals surface area contributed by atoms with Crippen LogP contribution in [0.1, 0.15) is 30.6 Å². The minimum atomic E-state index is -4.40. The zero-order valence-electron chi connectivity index (χ0n) is 13.8. The Bertz CT molecular complexity index is 802. The molecular formula is C18H17F3N2O3. The van der Waals surface area contributed by atoms with Crippen molar-refractivity contribution in [2.24, 2.45) is 5.16 Å². The number of oxime groups is 1. The van der Waals surface area contributed by atoms with Gasteiger partial charge in [-0.1, -0.05) is 35.5 Å². The van der Waals surface area contributed by atoms with Gasteiger partial charge in [0, 0.05) is 13.3 Å². The Labute approximate surface area is 147 Å². The number of amides is 1. The first-order chi connectivity index (χ1) is 12.2. The van der Waals surface area contributed by atoms with Crippen LogP contribution in [-0.4, -0.2) is 22.1 Å². The SMILES string of the molecule is CC(=O)N/C(CC(O)c1cccc(-c2ccc(C(F)(F)F)cc2)c1)=N\O. The lowest BCUT2D eigenvalue weighted by atomic mass is 9.98. The number of nitrogens with one attached hydrogen (secondary N) is 1. The molecular weight excluding hydrogens is 349 g/mol. The van der Waals surface area contributed by atoms with Crippen molar-refractivity contribution in [3.8, 4) is 11.1 Å². The van der Waals surface area contributed by atoms with Crippen LogP contribution in [0, 0.1) is 0 Å². The molecule has 0 bridgehead atoms. The van der Waals surface area contributed by atoms with Gasteiger partial charge in [-0.2, -0.15) is 13.2 Å². The van der Waals surface area contributed by atoms with Crippen LogP contribution in [0.3, 0.4) is 0 Å². The highest BCUT2D eigenvalue weighted by molar-refractivity contribution is 5.97. The molecule has 1 atom stereocenters. The molecule has 0 spiro atoms. The average Bonchev–Trinajstić information content (AvgIpc) is 2.60. The number of rotatable bonds is 4. The Morgan fingerprint density at radius 2 is 1.81 bits per heavy atom. The van der Waals surface area contributed by atoms with E-state index in [1.54, 1.807) is 24.3 Å². The molecule has 1 unspecified atom stereocenters. The van der Waals surface area contributed by atoms with Crippen molar-refractivity contribution < 1.29 is 28.3 Å². The van der Waals surface area contributed by atoms with Crippen molar-refractivity contribution >= 4 is 11.7 Å². The third kappa shape index (κ3) is 5.06. The summed E-state index contributed by atoms with van der Waals surface area (Å²) in [6.07, 6.45) is -5.60. The summed E-state index contributed by atoms with van der Waals surface area (Å²) in [6, 6.07) is 11.3. The summed E-state index contributed by atoms with van der Waals surface area (Å²) in [6.45, 7) is 1.24. The van der Waals surface area contributed by atoms with Gasteiger partial charge < -0.3 is 15.6 Å². The monoisotopic (exact) mass is 366 g/mol. The van der Waals surface area contributed by atoms with Gasteiger partial charge in [-0.05, 0) is 34.9 Å². The maximum Gasteiger partial charge on any atom is 0.416 e. The topological polar surface area (TPSA) is 81.9 Å². The van der Waals surface area contributed by atoms with Crippen LogP contribution in [0.2, 0.25) is 0 Å². The Morgan fingerprint density at radius 1 is 1.15 bits per heavy atom. The average molecular weight is 366 g/mol. The van der Waals surface area contributed by atoms with Gasteiger partial charge in [0.15, 0.2) is 5.84 Å². The largest absolute Gasteiger partial charge is 0.416 e. The van der Waals surface area contributed by atoms with Crippen LogP contribution in [0.25, 0.3) is 11.1 Å². The summed E-state index contributed by atoms with van der Waals surface area (Å²) in [7, 11) is 0. The molecule has 2 aromatic carbocycles. The number of carbonyl (C=O) groups excluding carboxylic acids is 1. The summed E-state index contributed by atoms with van der Waals surface area (Å²) < 4.78 is 37.9. The third-order valence-corrected chi connectivity index (χ3v) is 3.64. The van der Waals surface area contributed by atoms with E-state index in [1.165, 1.54) is 19.1 Å². The van der Waals surface area contributed by atoms with Gasteiger partial charge in [0.05, 0.1) is 11.7 Å². The highest BCUT2D eigenvalue weighted by Crippen LogP contribution is 2.31. The molecule has 0 saturated carbocycles. The number of nitrogens with zero attached hydrogens (tertiary/aromatic N) is 1. The molecule has 0 aliphatic rings. The molecule has 5 nitrogen and oxygen atoms in total. The van der Waals surface area contributed by atoms with E-state index in [2.05, 4.69) is 10.5 Å². The Morgan fingerprint density at radius 3 is 2.35 bits per heavy atom. The number of hydrogen-bond donors (Lipinski definition) is 3. The van der Waals surface area contributed by atoms with E-state index in [0.717, 1.165) is 12.1 Å². The lowest BCUT2D eigenvalue weighted by molar-refractivity contribution is -0.137. The number of hydrogen-bond acceptors (Lipinski definition) is 4. The van der Waals surface area contributed by atoms with E-state index >= 15 is 0 Å². The number of amidine groups is 1. The van der Waals surface area contributed by atoms with Crippen molar-refractivity contribution in [2.75, 3.05) is 0 Å². The summed E-state index contributed by atoms with van der Waals surface area (Å²) in [5.41, 5.74) is 0.910. The molecule has 0 aliphatic heterocycles. The van der Waals surface area contributed by atoms with E-state index in [9.17, 15) is 23.1 Å². The normalized spacial score (nSPS) is 13.3. The number of aliphatic hydroxyl groups is 1. The summed E-state index contributed by atoms with van der Waals surface area (Å²) in [4.78, 5) is 11.0. The first-order valence-corrected chi connectivity index (χ1v) is 7.65. The molecule has 26 heavy (non-hydrogen) atoms. The van der Waals surface area contributed by atoms with Crippen molar-refractivity contribution in [1.29, 1.82) is 0 Å². The number of halogens is 3. The fourth-order valence-corrected chi connectivity index (χ4v) is 2.40. The minimum absolute atomic E-state index is 0.0927. The lowest BCUT2D eigenvalue weighted by Crippen LogP contribution is -2.29. The molecule has 8 heteroatoms. The summed E-state index contributed by atoms with van der Waals surface area (Å²) >= 11 is 0. The Kier molecular flexibility index (Phi) is 5.99. The number of benzene rings is 2. The fourth-order valence-electron chi connectivity index (χ4n) is 2.40. The minimum Gasteiger partial charge on any atom is -0.409 e. The molecule has 0 radical (unpaired) electrons. The third-order valence-electron chi connectivity index (χ3n) is 3.64. The zero-order valence-corrected chi connectivity index (χ0v) is 13.8. The van der Waals surface area contributed by atoms with E-state index < -0.39 is 23.8 Å². The van der Waals surface area contributed by atoms with Crippen molar-refractivity contribution in [1.82, 2.24) is 5.32 Å². The van der Waals surface area contributed by atoms with Gasteiger partial charge in [0.1, 0.15) is 0 Å². The van der Waals surface area contributed by atoms with Crippen LogP contribution in [-0.2, 0) is 11.0 Å². The first kappa shape index (κ1) is 19.5. The molecule has 2 rings (SSSR count). The van der Waals surface area contributed by atoms with E-state index in [0.29, 0.717) is 16.7 Å². The molecule has 2 aromatic rings. The molecule has 0 saturated heterocycles. The second-order valence-corrected chi connectivity index (χ2v) is 5.65. The van der Waals surface area contributed by atoms with Crippen molar-refractivity contribution in [3.63, 3.8) is 0 Å². The van der Waals surface area contributed by atoms with Crippen LogP contribution < -0.4 is 5.32 Å². The highest BCUT2D eigenvalue weighted by atomic mass is 19.4. The summed E-state index contributed by atoms with van der Waals surface area (Å²) in [5, 5.41) is 24.3. The Balaban J connectivity index is 2.20. The van der Waals surface area contributed by atoms with E-state index in [-0.39, 0.29) is 12.3 Å². The van der Waals surface area contributed by atoms with E-state index in [1.807, 2.05) is 0 Å². The quantitative estimate of drug-likeness (QED) is 0.334. The van der Waals surface area contributed by atoms with Gasteiger partial charge in [-0.3, -0.25) is 4.79 Å². The molecule has 0 aromatic heterocycles. The molecule has 0 heterocycles. The fraction of sp³-hybridized carbons (Fsp3) is 0.222. The van der Waals surface area contributed by atoms with E-state index in [4.69, 9.17) is 5.21 Å². The van der Waals surface area contributed by atoms with Gasteiger partial charge in [0.2, 0.25) is 5.91 Å². The molecule has 3 N–H and O–H groups in total. The second kappa shape index (κ2) is 8.01. The maximum absolute atomic E-state index is 12.6. The molecule has 138 valence electrons. The van der Waals surface area contributed by atoms with Gasteiger partial charge in [0.25, 0.3) is 0 Å². The summed E-state index contributed by atoms with van der Waals surface area (Å²) in [5.74, 6) is -0.534. The second-order valence-electron chi connectivity index (χ2n) is 5.65. The number of alkyl halides is 3. The predicted molar refractivity (Wildman–Crippen MR) is 89.5 cm³/mol. The first-order valence-electron chi connectivity index (χ1n) is 7.65. The van der Waals surface area contributed by atoms with Gasteiger partial charge in [-0.15, -0.1) is 0 Å². The molecule has 0 aliphatic carbocycles. The van der Waals surface area contributed by atoms with Crippen LogP contribution in [0.15, 0.2) is 53.7 Å². The number of carbonyl (C=O) groups is 1. The Hall–Kier alpha value is -2.87. The van der Waals surface area contributed by atoms with Crippen LogP contribution >= 0.6 is 0 Å². The lowest BCUT2D eigenvalue weighted by Gasteiger charge is -2.14. The van der Waals surface area contributed by atoms with Crippen LogP contribution in [0.5, 0.6) is 0 Å². The van der Waals surface area contributed by atoms with Crippen molar-refractivity contribution in [3.05, 3.63) is 59.7 Å². The number of aliphatic hydroxyl groups excluding tert-OH is 1. The predicted octanol–water partition coefficient (Wildman–Crippen LogP) is 3.72. The maximum atomic E-state index is 12.6.